The third-order valence-electron chi connectivity index (χ3n) is 4.00. The molecular formula is C14H18ClNO2. The van der Waals surface area contributed by atoms with E-state index in [1.807, 2.05) is 18.2 Å². The highest BCUT2D eigenvalue weighted by Gasteiger charge is 2.42. The number of hydrogen-bond acceptors (Lipinski definition) is 3. The summed E-state index contributed by atoms with van der Waals surface area (Å²) < 4.78 is 11.9. The first-order chi connectivity index (χ1) is 8.72. The molecule has 1 N–H and O–H groups in total. The SMILES string of the molecule is COC1CC2(CCNCC2)Oc2ccc(Cl)cc21. The van der Waals surface area contributed by atoms with E-state index < -0.39 is 0 Å². The van der Waals surface area contributed by atoms with Crippen molar-refractivity contribution < 1.29 is 9.47 Å². The van der Waals surface area contributed by atoms with Crippen LogP contribution in [0.25, 0.3) is 0 Å². The lowest BCUT2D eigenvalue weighted by atomic mass is 9.82. The summed E-state index contributed by atoms with van der Waals surface area (Å²) in [4.78, 5) is 0. The van der Waals surface area contributed by atoms with Gasteiger partial charge in [0, 0.05) is 24.1 Å². The molecule has 98 valence electrons. The molecule has 0 radical (unpaired) electrons. The van der Waals surface area contributed by atoms with Gasteiger partial charge in [0.25, 0.3) is 0 Å². The average Bonchev–Trinajstić information content (AvgIpc) is 2.39. The highest BCUT2D eigenvalue weighted by molar-refractivity contribution is 6.30. The molecule has 3 nitrogen and oxygen atoms in total. The van der Waals surface area contributed by atoms with Crippen molar-refractivity contribution in [2.75, 3.05) is 20.2 Å². The largest absolute Gasteiger partial charge is 0.487 e. The van der Waals surface area contributed by atoms with Crippen LogP contribution in [0.4, 0.5) is 0 Å². The summed E-state index contributed by atoms with van der Waals surface area (Å²) in [6.07, 6.45) is 3.08. The molecule has 4 heteroatoms. The van der Waals surface area contributed by atoms with Crippen LogP contribution >= 0.6 is 11.6 Å². The molecular weight excluding hydrogens is 250 g/mol. The predicted octanol–water partition coefficient (Wildman–Crippen LogP) is 2.93. The highest BCUT2D eigenvalue weighted by atomic mass is 35.5. The summed E-state index contributed by atoms with van der Waals surface area (Å²) in [5.74, 6) is 0.930. The molecule has 1 aromatic rings. The molecule has 0 amide bonds. The number of rotatable bonds is 1. The maximum absolute atomic E-state index is 6.27. The van der Waals surface area contributed by atoms with Crippen molar-refractivity contribution in [3.05, 3.63) is 28.8 Å². The van der Waals surface area contributed by atoms with E-state index >= 15 is 0 Å². The second kappa shape index (κ2) is 4.72. The van der Waals surface area contributed by atoms with E-state index in [0.717, 1.165) is 48.7 Å². The Hall–Kier alpha value is -0.770. The molecule has 0 saturated carbocycles. The van der Waals surface area contributed by atoms with E-state index in [1.165, 1.54) is 0 Å². The molecule has 0 bridgehead atoms. The van der Waals surface area contributed by atoms with Crippen molar-refractivity contribution in [3.63, 3.8) is 0 Å². The maximum Gasteiger partial charge on any atom is 0.126 e. The number of ether oxygens (including phenoxy) is 2. The molecule has 1 saturated heterocycles. The van der Waals surface area contributed by atoms with Gasteiger partial charge in [0.15, 0.2) is 0 Å². The lowest BCUT2D eigenvalue weighted by molar-refractivity contribution is -0.0478. The molecule has 2 heterocycles. The van der Waals surface area contributed by atoms with Gasteiger partial charge in [-0.05, 0) is 44.1 Å². The fourth-order valence-corrected chi connectivity index (χ4v) is 3.17. The Morgan fingerprint density at radius 1 is 1.39 bits per heavy atom. The van der Waals surface area contributed by atoms with Gasteiger partial charge in [0.1, 0.15) is 11.4 Å². The molecule has 1 atom stereocenters. The Bertz CT molecular complexity index is 443. The zero-order valence-electron chi connectivity index (χ0n) is 10.5. The van der Waals surface area contributed by atoms with Gasteiger partial charge in [-0.2, -0.15) is 0 Å². The van der Waals surface area contributed by atoms with Crippen molar-refractivity contribution in [3.8, 4) is 5.75 Å². The number of fused-ring (bicyclic) bond motifs is 1. The topological polar surface area (TPSA) is 30.5 Å². The van der Waals surface area contributed by atoms with E-state index in [-0.39, 0.29) is 11.7 Å². The van der Waals surface area contributed by atoms with Gasteiger partial charge in [-0.15, -0.1) is 0 Å². The zero-order valence-corrected chi connectivity index (χ0v) is 11.3. The lowest BCUT2D eigenvalue weighted by Gasteiger charge is -2.44. The Kier molecular flexibility index (Phi) is 3.22. The second-order valence-corrected chi connectivity index (χ2v) is 5.58. The summed E-state index contributed by atoms with van der Waals surface area (Å²) in [6.45, 7) is 2.03. The van der Waals surface area contributed by atoms with E-state index in [0.29, 0.717) is 0 Å². The Labute approximate surface area is 112 Å². The molecule has 2 aliphatic heterocycles. The van der Waals surface area contributed by atoms with Crippen LogP contribution in [0.2, 0.25) is 5.02 Å². The fraction of sp³-hybridized carbons (Fsp3) is 0.571. The van der Waals surface area contributed by atoms with Crippen molar-refractivity contribution in [1.29, 1.82) is 0 Å². The molecule has 1 aromatic carbocycles. The molecule has 1 fully saturated rings. The van der Waals surface area contributed by atoms with Crippen molar-refractivity contribution in [1.82, 2.24) is 5.32 Å². The Balaban J connectivity index is 1.96. The summed E-state index contributed by atoms with van der Waals surface area (Å²) in [6, 6.07) is 5.80. The molecule has 0 aliphatic carbocycles. The monoisotopic (exact) mass is 267 g/mol. The van der Waals surface area contributed by atoms with Crippen LogP contribution in [0.15, 0.2) is 18.2 Å². The van der Waals surface area contributed by atoms with Crippen molar-refractivity contribution in [2.24, 2.45) is 0 Å². The van der Waals surface area contributed by atoms with Gasteiger partial charge in [-0.25, -0.2) is 0 Å². The lowest BCUT2D eigenvalue weighted by Crippen LogP contribution is -2.49. The predicted molar refractivity (Wildman–Crippen MR) is 71.3 cm³/mol. The maximum atomic E-state index is 6.27. The summed E-state index contributed by atoms with van der Waals surface area (Å²) in [5, 5.41) is 4.12. The fourth-order valence-electron chi connectivity index (χ4n) is 2.99. The van der Waals surface area contributed by atoms with E-state index in [4.69, 9.17) is 21.1 Å². The van der Waals surface area contributed by atoms with Crippen LogP contribution in [-0.4, -0.2) is 25.8 Å². The van der Waals surface area contributed by atoms with E-state index in [1.54, 1.807) is 7.11 Å². The number of hydrogen-bond donors (Lipinski definition) is 1. The number of methoxy groups -OCH3 is 1. The minimum Gasteiger partial charge on any atom is -0.487 e. The first-order valence-electron chi connectivity index (χ1n) is 6.44. The summed E-state index contributed by atoms with van der Waals surface area (Å²) >= 11 is 6.06. The first-order valence-corrected chi connectivity index (χ1v) is 6.82. The molecule has 1 spiro atoms. The normalized spacial score (nSPS) is 25.6. The van der Waals surface area contributed by atoms with Crippen molar-refractivity contribution >= 4 is 11.6 Å². The highest BCUT2D eigenvalue weighted by Crippen LogP contribution is 2.45. The molecule has 18 heavy (non-hydrogen) atoms. The Morgan fingerprint density at radius 2 is 2.17 bits per heavy atom. The zero-order chi connectivity index (χ0) is 12.6. The minimum absolute atomic E-state index is 0.0627. The van der Waals surface area contributed by atoms with Crippen LogP contribution in [0.1, 0.15) is 30.9 Å². The number of benzene rings is 1. The average molecular weight is 268 g/mol. The van der Waals surface area contributed by atoms with E-state index in [9.17, 15) is 0 Å². The minimum atomic E-state index is -0.0627. The van der Waals surface area contributed by atoms with Gasteiger partial charge in [0.05, 0.1) is 6.10 Å². The van der Waals surface area contributed by atoms with Gasteiger partial charge >= 0.3 is 0 Å². The third kappa shape index (κ3) is 2.11. The van der Waals surface area contributed by atoms with Gasteiger partial charge in [-0.1, -0.05) is 11.6 Å². The van der Waals surface area contributed by atoms with Crippen LogP contribution < -0.4 is 10.1 Å². The second-order valence-electron chi connectivity index (χ2n) is 5.15. The molecule has 0 aromatic heterocycles. The van der Waals surface area contributed by atoms with E-state index in [2.05, 4.69) is 5.32 Å². The Morgan fingerprint density at radius 3 is 2.89 bits per heavy atom. The van der Waals surface area contributed by atoms with Gasteiger partial charge < -0.3 is 14.8 Å². The van der Waals surface area contributed by atoms with Crippen LogP contribution in [0.3, 0.4) is 0 Å². The third-order valence-corrected chi connectivity index (χ3v) is 4.24. The van der Waals surface area contributed by atoms with Crippen molar-refractivity contribution in [2.45, 2.75) is 31.0 Å². The van der Waals surface area contributed by atoms with Gasteiger partial charge in [-0.3, -0.25) is 0 Å². The number of piperidine rings is 1. The number of halogens is 1. The van der Waals surface area contributed by atoms with Crippen LogP contribution in [0.5, 0.6) is 5.75 Å². The number of nitrogens with one attached hydrogen (secondary N) is 1. The molecule has 1 unspecified atom stereocenters. The summed E-state index contributed by atoms with van der Waals surface area (Å²) in [5.41, 5.74) is 1.02. The first kappa shape index (κ1) is 12.3. The quantitative estimate of drug-likeness (QED) is 0.849. The van der Waals surface area contributed by atoms with Crippen LogP contribution in [-0.2, 0) is 4.74 Å². The molecule has 2 aliphatic rings. The standard InChI is InChI=1S/C14H18ClNO2/c1-17-13-9-14(4-6-16-7-5-14)18-12-3-2-10(15)8-11(12)13/h2-3,8,13,16H,4-7,9H2,1H3. The molecule has 3 rings (SSSR count). The van der Waals surface area contributed by atoms with Gasteiger partial charge in [0.2, 0.25) is 0 Å². The summed E-state index contributed by atoms with van der Waals surface area (Å²) in [7, 11) is 1.76. The smallest absolute Gasteiger partial charge is 0.126 e. The van der Waals surface area contributed by atoms with Crippen LogP contribution in [0, 0.1) is 0 Å².